The first-order chi connectivity index (χ1) is 9.52. The normalized spacial score (nSPS) is 18.9. The topological polar surface area (TPSA) is 114 Å². The van der Waals surface area contributed by atoms with E-state index in [1.54, 1.807) is 4.57 Å². The van der Waals surface area contributed by atoms with Crippen LogP contribution in [0, 0.1) is 0 Å². The fourth-order valence-corrected chi connectivity index (χ4v) is 2.74. The van der Waals surface area contributed by atoms with Gasteiger partial charge in [-0.15, -0.1) is 10.2 Å². The number of imide groups is 1. The summed E-state index contributed by atoms with van der Waals surface area (Å²) >= 11 is 1.01. The Balaban J connectivity index is 2.28. The minimum atomic E-state index is -0.967. The molecular weight excluding hydrogens is 284 g/mol. The van der Waals surface area contributed by atoms with Gasteiger partial charge in [-0.1, -0.05) is 18.7 Å². The third kappa shape index (κ3) is 2.98. The monoisotopic (exact) mass is 298 g/mol. The van der Waals surface area contributed by atoms with Gasteiger partial charge in [0, 0.05) is 12.8 Å². The number of carboxylic acid groups (broad SMARTS) is 1. The SMILES string of the molecule is CCc1nnc(SCC(=O)O)n1C1CCC(=O)NC1=O. The largest absolute Gasteiger partial charge is 0.481 e. The number of nitrogens with zero attached hydrogens (tertiary/aromatic N) is 3. The smallest absolute Gasteiger partial charge is 0.313 e. The van der Waals surface area contributed by atoms with Crippen LogP contribution < -0.4 is 5.32 Å². The molecule has 1 saturated heterocycles. The Kier molecular flexibility index (Phi) is 4.38. The Bertz CT molecular complexity index is 557. The van der Waals surface area contributed by atoms with Crippen molar-refractivity contribution in [3.05, 3.63) is 5.82 Å². The second kappa shape index (κ2) is 6.04. The lowest BCUT2D eigenvalue weighted by Gasteiger charge is -2.24. The van der Waals surface area contributed by atoms with Crippen LogP contribution in [-0.4, -0.2) is 43.4 Å². The summed E-state index contributed by atoms with van der Waals surface area (Å²) in [5.41, 5.74) is 0. The number of aliphatic carboxylic acids is 1. The van der Waals surface area contributed by atoms with Crippen molar-refractivity contribution in [3.63, 3.8) is 0 Å². The summed E-state index contributed by atoms with van der Waals surface area (Å²) in [5.74, 6) is -1.21. The summed E-state index contributed by atoms with van der Waals surface area (Å²) in [7, 11) is 0. The van der Waals surface area contributed by atoms with Crippen LogP contribution in [0.3, 0.4) is 0 Å². The van der Waals surface area contributed by atoms with Crippen LogP contribution in [0.25, 0.3) is 0 Å². The van der Waals surface area contributed by atoms with Crippen molar-refractivity contribution in [3.8, 4) is 0 Å². The summed E-state index contributed by atoms with van der Waals surface area (Å²) in [5, 5.41) is 19.3. The molecule has 2 rings (SSSR count). The molecule has 2 amide bonds. The number of aromatic nitrogens is 3. The standard InChI is InChI=1S/C11H14N4O4S/c1-2-7-13-14-11(20-5-9(17)18)15(7)6-3-4-8(16)12-10(6)19/h6H,2-5H2,1H3,(H,17,18)(H,12,16,19). The minimum absolute atomic E-state index is 0.158. The van der Waals surface area contributed by atoms with Crippen molar-refractivity contribution in [2.45, 2.75) is 37.4 Å². The van der Waals surface area contributed by atoms with E-state index in [0.717, 1.165) is 11.8 Å². The van der Waals surface area contributed by atoms with E-state index in [0.29, 0.717) is 23.8 Å². The molecule has 0 aliphatic carbocycles. The lowest BCUT2D eigenvalue weighted by atomic mass is 10.1. The van der Waals surface area contributed by atoms with Crippen molar-refractivity contribution >= 4 is 29.5 Å². The molecule has 1 aliphatic rings. The van der Waals surface area contributed by atoms with Gasteiger partial charge in [-0.25, -0.2) is 0 Å². The molecule has 108 valence electrons. The van der Waals surface area contributed by atoms with Gasteiger partial charge in [-0.2, -0.15) is 0 Å². The van der Waals surface area contributed by atoms with Gasteiger partial charge >= 0.3 is 5.97 Å². The predicted octanol–water partition coefficient (Wildman–Crippen LogP) is -0.00510. The molecule has 0 saturated carbocycles. The molecule has 0 radical (unpaired) electrons. The summed E-state index contributed by atoms with van der Waals surface area (Å²) in [4.78, 5) is 33.8. The van der Waals surface area contributed by atoms with Crippen molar-refractivity contribution in [2.75, 3.05) is 5.75 Å². The third-order valence-corrected chi connectivity index (χ3v) is 3.83. The summed E-state index contributed by atoms with van der Waals surface area (Å²) in [6, 6.07) is -0.561. The molecule has 2 N–H and O–H groups in total. The quantitative estimate of drug-likeness (QED) is 0.580. The fraction of sp³-hybridized carbons (Fsp3) is 0.545. The fourth-order valence-electron chi connectivity index (χ4n) is 2.01. The average Bonchev–Trinajstić information content (AvgIpc) is 2.79. The van der Waals surface area contributed by atoms with Gasteiger partial charge in [0.05, 0.1) is 5.75 Å². The first-order valence-corrected chi connectivity index (χ1v) is 7.13. The van der Waals surface area contributed by atoms with Gasteiger partial charge < -0.3 is 5.11 Å². The molecule has 2 heterocycles. The molecule has 1 aromatic rings. The van der Waals surface area contributed by atoms with Crippen LogP contribution in [-0.2, 0) is 20.8 Å². The van der Waals surface area contributed by atoms with Gasteiger partial charge in [-0.05, 0) is 6.42 Å². The molecule has 0 spiro atoms. The van der Waals surface area contributed by atoms with Crippen molar-refractivity contribution in [1.29, 1.82) is 0 Å². The lowest BCUT2D eigenvalue weighted by molar-refractivity contribution is -0.136. The molecule has 1 aromatic heterocycles. The van der Waals surface area contributed by atoms with Crippen LogP contribution >= 0.6 is 11.8 Å². The maximum absolute atomic E-state index is 11.9. The van der Waals surface area contributed by atoms with E-state index in [9.17, 15) is 14.4 Å². The highest BCUT2D eigenvalue weighted by atomic mass is 32.2. The molecule has 0 bridgehead atoms. The van der Waals surface area contributed by atoms with E-state index < -0.39 is 17.9 Å². The molecule has 1 aliphatic heterocycles. The molecule has 8 nitrogen and oxygen atoms in total. The van der Waals surface area contributed by atoms with Crippen LogP contribution in [0.2, 0.25) is 0 Å². The Labute approximate surface area is 118 Å². The Morgan fingerprint density at radius 2 is 2.25 bits per heavy atom. The van der Waals surface area contributed by atoms with Crippen LogP contribution in [0.15, 0.2) is 5.16 Å². The Hall–Kier alpha value is -1.90. The second-order valence-electron chi connectivity index (χ2n) is 4.27. The first-order valence-electron chi connectivity index (χ1n) is 6.15. The number of aryl methyl sites for hydroxylation is 1. The Morgan fingerprint density at radius 1 is 1.50 bits per heavy atom. The lowest BCUT2D eigenvalue weighted by Crippen LogP contribution is -2.42. The summed E-state index contributed by atoms with van der Waals surface area (Å²) in [6.45, 7) is 1.87. The molecule has 0 aromatic carbocycles. The highest BCUT2D eigenvalue weighted by Crippen LogP contribution is 2.26. The van der Waals surface area contributed by atoms with Crippen molar-refractivity contribution < 1.29 is 19.5 Å². The number of thioether (sulfide) groups is 1. The molecule has 9 heteroatoms. The highest BCUT2D eigenvalue weighted by molar-refractivity contribution is 7.99. The number of carboxylic acids is 1. The zero-order valence-electron chi connectivity index (χ0n) is 10.8. The van der Waals surface area contributed by atoms with Gasteiger partial charge in [0.2, 0.25) is 11.8 Å². The van der Waals surface area contributed by atoms with Crippen LogP contribution in [0.4, 0.5) is 0 Å². The predicted molar refractivity (Wildman–Crippen MR) is 69.2 cm³/mol. The minimum Gasteiger partial charge on any atom is -0.481 e. The number of carbonyl (C=O) groups is 3. The molecular formula is C11H14N4O4S. The van der Waals surface area contributed by atoms with Gasteiger partial charge in [0.1, 0.15) is 11.9 Å². The number of carbonyl (C=O) groups excluding carboxylic acids is 2. The molecule has 1 unspecified atom stereocenters. The van der Waals surface area contributed by atoms with E-state index in [2.05, 4.69) is 15.5 Å². The number of rotatable bonds is 5. The maximum Gasteiger partial charge on any atom is 0.313 e. The average molecular weight is 298 g/mol. The zero-order valence-corrected chi connectivity index (χ0v) is 11.6. The van der Waals surface area contributed by atoms with E-state index in [1.165, 1.54) is 0 Å². The summed E-state index contributed by atoms with van der Waals surface area (Å²) in [6.07, 6.45) is 1.19. The first kappa shape index (κ1) is 14.5. The van der Waals surface area contributed by atoms with Crippen molar-refractivity contribution in [2.24, 2.45) is 0 Å². The van der Waals surface area contributed by atoms with Gasteiger partial charge in [0.15, 0.2) is 5.16 Å². The second-order valence-corrected chi connectivity index (χ2v) is 5.21. The van der Waals surface area contributed by atoms with E-state index >= 15 is 0 Å². The highest BCUT2D eigenvalue weighted by Gasteiger charge is 2.31. The third-order valence-electron chi connectivity index (χ3n) is 2.90. The van der Waals surface area contributed by atoms with Crippen molar-refractivity contribution in [1.82, 2.24) is 20.1 Å². The van der Waals surface area contributed by atoms with E-state index in [-0.39, 0.29) is 18.1 Å². The number of piperidine rings is 1. The van der Waals surface area contributed by atoms with Crippen LogP contribution in [0.5, 0.6) is 0 Å². The van der Waals surface area contributed by atoms with E-state index in [1.807, 2.05) is 6.92 Å². The van der Waals surface area contributed by atoms with Gasteiger partial charge in [0.25, 0.3) is 0 Å². The molecule has 1 fully saturated rings. The van der Waals surface area contributed by atoms with Crippen LogP contribution in [0.1, 0.15) is 31.6 Å². The van der Waals surface area contributed by atoms with E-state index in [4.69, 9.17) is 5.11 Å². The maximum atomic E-state index is 11.9. The molecule has 1 atom stereocenters. The number of hydrogen-bond donors (Lipinski definition) is 2. The number of amides is 2. The summed E-state index contributed by atoms with van der Waals surface area (Å²) < 4.78 is 1.63. The van der Waals surface area contributed by atoms with Gasteiger partial charge in [-0.3, -0.25) is 24.3 Å². The number of nitrogens with one attached hydrogen (secondary N) is 1. The zero-order chi connectivity index (χ0) is 14.7. The molecule has 20 heavy (non-hydrogen) atoms. The Morgan fingerprint density at radius 3 is 2.85 bits per heavy atom. The number of hydrogen-bond acceptors (Lipinski definition) is 6.